The number of hydrogen-bond acceptors (Lipinski definition) is 3. The van der Waals surface area contributed by atoms with Crippen LogP contribution in [0.3, 0.4) is 0 Å². The summed E-state index contributed by atoms with van der Waals surface area (Å²) in [5.41, 5.74) is 0.186. The molecule has 1 atom stereocenters. The number of halogens is 2. The van der Waals surface area contributed by atoms with Gasteiger partial charge in [0.1, 0.15) is 6.04 Å². The molecule has 20 heavy (non-hydrogen) atoms. The fourth-order valence-electron chi connectivity index (χ4n) is 1.45. The molecule has 0 aromatic heterocycles. The molecule has 108 valence electrons. The van der Waals surface area contributed by atoms with E-state index >= 15 is 0 Å². The van der Waals surface area contributed by atoms with Crippen LogP contribution in [0.25, 0.3) is 0 Å². The van der Waals surface area contributed by atoms with Crippen LogP contribution < -0.4 is 5.32 Å². The lowest BCUT2D eigenvalue weighted by molar-refractivity contribution is -0.140. The maximum atomic E-state index is 11.9. The Morgan fingerprint density at radius 3 is 2.40 bits per heavy atom. The molecule has 0 spiro atoms. The topological polar surface area (TPSA) is 104 Å². The molecular formula is C12H11BrClNO5. The summed E-state index contributed by atoms with van der Waals surface area (Å²) in [4.78, 5) is 33.3. The molecule has 0 aliphatic carbocycles. The molecule has 6 nitrogen and oxygen atoms in total. The zero-order chi connectivity index (χ0) is 15.3. The number of hydrogen-bond donors (Lipinski definition) is 3. The number of carboxylic acids is 2. The Kier molecular flexibility index (Phi) is 5.97. The van der Waals surface area contributed by atoms with Gasteiger partial charge in [-0.25, -0.2) is 4.79 Å². The van der Waals surface area contributed by atoms with Crippen molar-refractivity contribution in [1.29, 1.82) is 0 Å². The first-order valence-electron chi connectivity index (χ1n) is 5.51. The lowest BCUT2D eigenvalue weighted by Crippen LogP contribution is -2.41. The van der Waals surface area contributed by atoms with E-state index < -0.39 is 23.9 Å². The van der Waals surface area contributed by atoms with Gasteiger partial charge in [-0.3, -0.25) is 9.59 Å². The van der Waals surface area contributed by atoms with Crippen LogP contribution in [0.5, 0.6) is 0 Å². The van der Waals surface area contributed by atoms with Crippen molar-refractivity contribution in [1.82, 2.24) is 5.32 Å². The van der Waals surface area contributed by atoms with E-state index in [-0.39, 0.29) is 18.4 Å². The molecule has 8 heteroatoms. The average Bonchev–Trinajstić information content (AvgIpc) is 2.32. The van der Waals surface area contributed by atoms with Crippen LogP contribution in [0, 0.1) is 0 Å². The van der Waals surface area contributed by atoms with Crippen molar-refractivity contribution in [3.05, 3.63) is 33.3 Å². The first kappa shape index (κ1) is 16.5. The first-order valence-corrected chi connectivity index (χ1v) is 6.68. The maximum absolute atomic E-state index is 11.9. The van der Waals surface area contributed by atoms with Crippen molar-refractivity contribution in [3.8, 4) is 0 Å². The van der Waals surface area contributed by atoms with E-state index in [2.05, 4.69) is 21.2 Å². The Balaban J connectivity index is 2.79. The zero-order valence-corrected chi connectivity index (χ0v) is 12.4. The fraction of sp³-hybridized carbons (Fsp3) is 0.250. The normalized spacial score (nSPS) is 11.7. The van der Waals surface area contributed by atoms with Gasteiger partial charge in [-0.2, -0.15) is 0 Å². The monoisotopic (exact) mass is 363 g/mol. The summed E-state index contributed by atoms with van der Waals surface area (Å²) in [7, 11) is 0. The number of rotatable bonds is 6. The van der Waals surface area contributed by atoms with Gasteiger partial charge < -0.3 is 15.5 Å². The van der Waals surface area contributed by atoms with Crippen LogP contribution >= 0.6 is 27.5 Å². The molecule has 0 aliphatic rings. The van der Waals surface area contributed by atoms with Crippen LogP contribution in [0.15, 0.2) is 22.7 Å². The summed E-state index contributed by atoms with van der Waals surface area (Å²) in [6.07, 6.45) is -0.547. The summed E-state index contributed by atoms with van der Waals surface area (Å²) in [5, 5.41) is 20.1. The van der Waals surface area contributed by atoms with Crippen LogP contribution in [0.2, 0.25) is 5.02 Å². The van der Waals surface area contributed by atoms with Crippen LogP contribution in [0.4, 0.5) is 0 Å². The third kappa shape index (κ3) is 5.18. The third-order valence-electron chi connectivity index (χ3n) is 2.38. The smallest absolute Gasteiger partial charge is 0.326 e. The number of nitrogens with one attached hydrogen (secondary N) is 1. The number of carboxylic acid groups (broad SMARTS) is 2. The Hall–Kier alpha value is -1.60. The molecule has 0 fully saturated rings. The van der Waals surface area contributed by atoms with Gasteiger partial charge >= 0.3 is 11.9 Å². The average molecular weight is 365 g/mol. The van der Waals surface area contributed by atoms with Crippen molar-refractivity contribution in [2.24, 2.45) is 0 Å². The molecule has 3 N–H and O–H groups in total. The predicted molar refractivity (Wildman–Crippen MR) is 74.9 cm³/mol. The highest BCUT2D eigenvalue weighted by atomic mass is 79.9. The quantitative estimate of drug-likeness (QED) is 0.717. The highest BCUT2D eigenvalue weighted by Crippen LogP contribution is 2.19. The third-order valence-corrected chi connectivity index (χ3v) is 3.05. The van der Waals surface area contributed by atoms with E-state index in [1.807, 2.05) is 0 Å². The molecule has 0 bridgehead atoms. The van der Waals surface area contributed by atoms with E-state index in [0.29, 0.717) is 9.50 Å². The molecule has 1 aromatic rings. The maximum Gasteiger partial charge on any atom is 0.326 e. The first-order chi connectivity index (χ1) is 9.29. The van der Waals surface area contributed by atoms with Crippen LogP contribution in [0.1, 0.15) is 23.2 Å². The van der Waals surface area contributed by atoms with E-state index in [0.717, 1.165) is 0 Å². The van der Waals surface area contributed by atoms with Gasteiger partial charge in [0, 0.05) is 21.5 Å². The number of aliphatic carboxylic acids is 2. The molecular weight excluding hydrogens is 353 g/mol. The Morgan fingerprint density at radius 2 is 1.90 bits per heavy atom. The second-order valence-corrected chi connectivity index (χ2v) is 5.31. The Labute approximate surface area is 127 Å². The van der Waals surface area contributed by atoms with Gasteiger partial charge in [-0.1, -0.05) is 27.5 Å². The lowest BCUT2D eigenvalue weighted by Gasteiger charge is -2.13. The summed E-state index contributed by atoms with van der Waals surface area (Å²) in [6, 6.07) is 3.18. The standard InChI is InChI=1S/C12H11BrClNO5/c13-7-3-6(4-8(14)5-7)11(18)15-9(12(19)20)1-2-10(16)17/h3-5,9H,1-2H2,(H,15,18)(H,16,17)(H,19,20)/t9-/m0/s1. The lowest BCUT2D eigenvalue weighted by atomic mass is 10.1. The minimum absolute atomic E-state index is 0.186. The SMILES string of the molecule is O=C(O)CC[C@H](NC(=O)c1cc(Cl)cc(Br)c1)C(=O)O. The molecule has 0 aliphatic heterocycles. The van der Waals surface area contributed by atoms with E-state index in [4.69, 9.17) is 21.8 Å². The number of benzene rings is 1. The summed E-state index contributed by atoms with van der Waals surface area (Å²) < 4.78 is 0.576. The van der Waals surface area contributed by atoms with Crippen LogP contribution in [-0.2, 0) is 9.59 Å². The second-order valence-electron chi connectivity index (χ2n) is 3.95. The van der Waals surface area contributed by atoms with E-state index in [9.17, 15) is 14.4 Å². The van der Waals surface area contributed by atoms with Crippen molar-refractivity contribution in [2.45, 2.75) is 18.9 Å². The van der Waals surface area contributed by atoms with Crippen LogP contribution in [-0.4, -0.2) is 34.1 Å². The van der Waals surface area contributed by atoms with Gasteiger partial charge in [0.2, 0.25) is 0 Å². The molecule has 0 saturated carbocycles. The van der Waals surface area contributed by atoms with E-state index in [1.54, 1.807) is 6.07 Å². The van der Waals surface area contributed by atoms with Crippen molar-refractivity contribution in [2.75, 3.05) is 0 Å². The van der Waals surface area contributed by atoms with Gasteiger partial charge in [-0.05, 0) is 24.6 Å². The number of carbonyl (C=O) groups is 3. The Morgan fingerprint density at radius 1 is 1.25 bits per heavy atom. The molecule has 0 saturated heterocycles. The van der Waals surface area contributed by atoms with Gasteiger partial charge in [0.25, 0.3) is 5.91 Å². The molecule has 1 rings (SSSR count). The van der Waals surface area contributed by atoms with Gasteiger partial charge in [0.05, 0.1) is 0 Å². The molecule has 1 aromatic carbocycles. The minimum atomic E-state index is -1.29. The predicted octanol–water partition coefficient (Wildman–Crippen LogP) is 2.15. The molecule has 0 radical (unpaired) electrons. The summed E-state index contributed by atoms with van der Waals surface area (Å²) in [6.45, 7) is 0. The van der Waals surface area contributed by atoms with E-state index in [1.165, 1.54) is 12.1 Å². The summed E-state index contributed by atoms with van der Waals surface area (Å²) >= 11 is 8.96. The van der Waals surface area contributed by atoms with Gasteiger partial charge in [0.15, 0.2) is 0 Å². The molecule has 1 amide bonds. The highest BCUT2D eigenvalue weighted by Gasteiger charge is 2.21. The summed E-state index contributed by atoms with van der Waals surface area (Å²) in [5.74, 6) is -3.05. The minimum Gasteiger partial charge on any atom is -0.481 e. The zero-order valence-electron chi connectivity index (χ0n) is 10.1. The van der Waals surface area contributed by atoms with Crippen molar-refractivity contribution in [3.63, 3.8) is 0 Å². The highest BCUT2D eigenvalue weighted by molar-refractivity contribution is 9.10. The molecule has 0 unspecified atom stereocenters. The number of amides is 1. The van der Waals surface area contributed by atoms with Crippen molar-refractivity contribution < 1.29 is 24.6 Å². The van der Waals surface area contributed by atoms with Crippen molar-refractivity contribution >= 4 is 45.4 Å². The second kappa shape index (κ2) is 7.25. The van der Waals surface area contributed by atoms with Gasteiger partial charge in [-0.15, -0.1) is 0 Å². The fourth-order valence-corrected chi connectivity index (χ4v) is 2.31. The Bertz CT molecular complexity index is 528. The largest absolute Gasteiger partial charge is 0.481 e. The number of carbonyl (C=O) groups excluding carboxylic acids is 1. The molecule has 0 heterocycles.